The number of Topliss-reactive ketones (excluding diaryl/α,β-unsaturated/α-hetero) is 1. The fourth-order valence-electron chi connectivity index (χ4n) is 6.38. The van der Waals surface area contributed by atoms with Crippen molar-refractivity contribution in [3.8, 4) is 0 Å². The molecule has 1 saturated heterocycles. The van der Waals surface area contributed by atoms with E-state index in [2.05, 4.69) is 4.98 Å². The summed E-state index contributed by atoms with van der Waals surface area (Å²) in [6.07, 6.45) is 4.17. The third-order valence-corrected chi connectivity index (χ3v) is 10.4. The average molecular weight is 659 g/mol. The van der Waals surface area contributed by atoms with E-state index in [0.29, 0.717) is 37.1 Å². The van der Waals surface area contributed by atoms with Gasteiger partial charge < -0.3 is 14.6 Å². The lowest BCUT2D eigenvalue weighted by Crippen LogP contribution is -2.46. The highest BCUT2D eigenvalue weighted by atomic mass is 32.2. The lowest BCUT2D eigenvalue weighted by molar-refractivity contribution is 0.0230. The topological polar surface area (TPSA) is 113 Å². The second kappa shape index (κ2) is 15.4. The number of hydrogen-bond acceptors (Lipinski definition) is 6. The Morgan fingerprint density at radius 2 is 1.70 bits per heavy atom. The number of carbonyl (C=O) groups excluding carboxylic acids is 2. The van der Waals surface area contributed by atoms with Gasteiger partial charge in [0.15, 0.2) is 5.78 Å². The monoisotopic (exact) mass is 658 g/mol. The summed E-state index contributed by atoms with van der Waals surface area (Å²) in [5.41, 5.74) is 1.71. The molecule has 0 radical (unpaired) electrons. The molecule has 0 aliphatic carbocycles. The molecule has 1 amide bonds. The van der Waals surface area contributed by atoms with E-state index in [9.17, 15) is 31.9 Å². The molecule has 1 aliphatic rings. The predicted octanol–water partition coefficient (Wildman–Crippen LogP) is 5.16. The number of imidazole rings is 1. The number of aromatic nitrogens is 2. The van der Waals surface area contributed by atoms with Gasteiger partial charge >= 0.3 is 0 Å². The van der Waals surface area contributed by atoms with Crippen LogP contribution < -0.4 is 0 Å². The van der Waals surface area contributed by atoms with Gasteiger partial charge in [-0.1, -0.05) is 13.8 Å². The number of aliphatic hydroxyl groups is 1. The molecule has 250 valence electrons. The summed E-state index contributed by atoms with van der Waals surface area (Å²) in [5.74, 6) is -3.36. The third-order valence-electron chi connectivity index (χ3n) is 8.52. The first-order valence-corrected chi connectivity index (χ1v) is 17.3. The lowest BCUT2D eigenvalue weighted by Gasteiger charge is -2.37. The molecular weight excluding hydrogens is 614 g/mol. The zero-order valence-corrected chi connectivity index (χ0v) is 27.8. The number of aliphatic hydroxyl groups excluding tert-OH is 1. The van der Waals surface area contributed by atoms with E-state index in [4.69, 9.17) is 0 Å². The van der Waals surface area contributed by atoms with Gasteiger partial charge in [0.2, 0.25) is 5.16 Å². The molecule has 0 spiro atoms. The number of amides is 1. The van der Waals surface area contributed by atoms with Crippen LogP contribution in [0.15, 0.2) is 53.9 Å². The van der Waals surface area contributed by atoms with Crippen molar-refractivity contribution in [2.75, 3.05) is 26.2 Å². The Morgan fingerprint density at radius 1 is 1.04 bits per heavy atom. The van der Waals surface area contributed by atoms with Crippen molar-refractivity contribution in [1.29, 1.82) is 0 Å². The smallest absolute Gasteiger partial charge is 0.277 e. The lowest BCUT2D eigenvalue weighted by atomic mass is 9.79. The van der Waals surface area contributed by atoms with Crippen LogP contribution in [0.25, 0.3) is 0 Å². The molecule has 0 bridgehead atoms. The summed E-state index contributed by atoms with van der Waals surface area (Å²) in [6, 6.07) is 8.11. The van der Waals surface area contributed by atoms with E-state index in [-0.39, 0.29) is 48.3 Å². The highest BCUT2D eigenvalue weighted by Crippen LogP contribution is 2.32. The highest BCUT2D eigenvalue weighted by Gasteiger charge is 2.38. The minimum atomic E-state index is -3.94. The molecular formula is C34H44F2N4O5S. The second-order valence-corrected chi connectivity index (χ2v) is 14.2. The van der Waals surface area contributed by atoms with Crippen LogP contribution in [0.1, 0.15) is 77.8 Å². The van der Waals surface area contributed by atoms with Gasteiger partial charge in [-0.15, -0.1) is 0 Å². The zero-order valence-electron chi connectivity index (χ0n) is 27.0. The minimum absolute atomic E-state index is 0.00630. The van der Waals surface area contributed by atoms with Crippen LogP contribution >= 0.6 is 0 Å². The summed E-state index contributed by atoms with van der Waals surface area (Å²) in [5, 5.41) is 11.6. The molecule has 3 atom stereocenters. The van der Waals surface area contributed by atoms with Crippen molar-refractivity contribution in [3.05, 3.63) is 82.7 Å². The van der Waals surface area contributed by atoms with Crippen molar-refractivity contribution >= 4 is 21.7 Å². The largest absolute Gasteiger partial charge is 0.392 e. The summed E-state index contributed by atoms with van der Waals surface area (Å²) < 4.78 is 57.8. The minimum Gasteiger partial charge on any atom is -0.392 e. The average Bonchev–Trinajstić information content (AvgIpc) is 3.45. The Hall–Kier alpha value is -3.48. The van der Waals surface area contributed by atoms with Crippen molar-refractivity contribution in [2.24, 2.45) is 18.9 Å². The molecule has 1 aliphatic heterocycles. The number of ketones is 1. The molecule has 1 aromatic heterocycles. The van der Waals surface area contributed by atoms with Crippen molar-refractivity contribution in [1.82, 2.24) is 18.8 Å². The molecule has 46 heavy (non-hydrogen) atoms. The normalized spacial score (nSPS) is 17.1. The highest BCUT2D eigenvalue weighted by molar-refractivity contribution is 7.89. The number of piperidine rings is 1. The Bertz CT molecular complexity index is 1620. The van der Waals surface area contributed by atoms with E-state index < -0.39 is 39.6 Å². The van der Waals surface area contributed by atoms with E-state index in [0.717, 1.165) is 24.5 Å². The maximum Gasteiger partial charge on any atom is 0.277 e. The van der Waals surface area contributed by atoms with Crippen LogP contribution in [-0.2, 0) is 23.5 Å². The van der Waals surface area contributed by atoms with Gasteiger partial charge in [-0.25, -0.2) is 22.2 Å². The molecule has 9 nitrogen and oxygen atoms in total. The molecule has 4 rings (SSSR count). The standard InChI is InChI=1S/C34H44F2N4O5S/c1-5-10-39(11-6-2)33(43)28-15-23(3)14-26(19-28)31(41)20-27(16-24-17-29(35)21-30(36)18-24)32(42)25-8-7-12-40(22-25)46(44,45)34-37-9-13-38(34)4/h9,13-15,17-19,21,25,27,32,42H,5-8,10-12,16,20,22H2,1-4H3/t25?,27?,32-/m1/s1. The number of benzene rings is 2. The molecule has 1 fully saturated rings. The summed E-state index contributed by atoms with van der Waals surface area (Å²) in [7, 11) is -2.35. The number of hydrogen-bond donors (Lipinski definition) is 1. The first kappa shape index (κ1) is 35.4. The molecule has 12 heteroatoms. The van der Waals surface area contributed by atoms with Crippen molar-refractivity contribution < 1.29 is 31.9 Å². The maximum atomic E-state index is 14.2. The Morgan fingerprint density at radius 3 is 2.30 bits per heavy atom. The van der Waals surface area contributed by atoms with Gasteiger partial charge in [-0.05, 0) is 92.3 Å². The van der Waals surface area contributed by atoms with Crippen LogP contribution in [0.2, 0.25) is 0 Å². The molecule has 1 N–H and O–H groups in total. The number of carbonyl (C=O) groups is 2. The predicted molar refractivity (Wildman–Crippen MR) is 171 cm³/mol. The number of sulfonamides is 1. The summed E-state index contributed by atoms with van der Waals surface area (Å²) in [6.45, 7) is 7.25. The van der Waals surface area contributed by atoms with Crippen LogP contribution in [0.3, 0.4) is 0 Å². The number of nitrogens with zero attached hydrogens (tertiary/aromatic N) is 4. The van der Waals surface area contributed by atoms with Gasteiger partial charge in [-0.2, -0.15) is 4.31 Å². The van der Waals surface area contributed by atoms with E-state index in [1.54, 1.807) is 43.3 Å². The zero-order chi connectivity index (χ0) is 33.6. The first-order chi connectivity index (χ1) is 21.8. The van der Waals surface area contributed by atoms with Crippen LogP contribution in [-0.4, -0.2) is 76.3 Å². The molecule has 2 heterocycles. The van der Waals surface area contributed by atoms with Crippen molar-refractivity contribution in [2.45, 2.75) is 70.6 Å². The number of halogens is 2. The van der Waals surface area contributed by atoms with Gasteiger partial charge in [0, 0.05) is 69.2 Å². The van der Waals surface area contributed by atoms with E-state index in [1.165, 1.54) is 27.2 Å². The van der Waals surface area contributed by atoms with Crippen LogP contribution in [0, 0.1) is 30.4 Å². The first-order valence-electron chi connectivity index (χ1n) is 15.9. The Kier molecular flexibility index (Phi) is 11.8. The van der Waals surface area contributed by atoms with Gasteiger partial charge in [0.25, 0.3) is 15.9 Å². The van der Waals surface area contributed by atoms with E-state index in [1.807, 2.05) is 13.8 Å². The van der Waals surface area contributed by atoms with Gasteiger partial charge in [0.1, 0.15) is 11.6 Å². The van der Waals surface area contributed by atoms with Crippen LogP contribution in [0.5, 0.6) is 0 Å². The van der Waals surface area contributed by atoms with Gasteiger partial charge in [-0.3, -0.25) is 9.59 Å². The molecule has 3 aromatic rings. The third kappa shape index (κ3) is 8.45. The fraction of sp³-hybridized carbons (Fsp3) is 0.500. The Labute approximate surface area is 270 Å². The van der Waals surface area contributed by atoms with Crippen molar-refractivity contribution in [3.63, 3.8) is 0 Å². The molecule has 2 aromatic carbocycles. The quantitative estimate of drug-likeness (QED) is 0.240. The van der Waals surface area contributed by atoms with E-state index >= 15 is 0 Å². The number of rotatable bonds is 14. The molecule has 0 saturated carbocycles. The molecule has 2 unspecified atom stereocenters. The summed E-state index contributed by atoms with van der Waals surface area (Å²) in [4.78, 5) is 33.0. The fourth-order valence-corrected chi connectivity index (χ4v) is 7.98. The maximum absolute atomic E-state index is 14.2. The SMILES string of the molecule is CCCN(CCC)C(=O)c1cc(C)cc(C(=O)CC(Cc2cc(F)cc(F)c2)[C@H](O)C2CCCN(S(=O)(=O)c3nccn3C)C2)c1. The van der Waals surface area contributed by atoms with Gasteiger partial charge in [0.05, 0.1) is 6.10 Å². The Balaban J connectivity index is 1.62. The van der Waals surface area contributed by atoms with Crippen LogP contribution in [0.4, 0.5) is 8.78 Å². The number of aryl methyl sites for hydroxylation is 2. The second-order valence-electron chi connectivity index (χ2n) is 12.3. The summed E-state index contributed by atoms with van der Waals surface area (Å²) >= 11 is 0.